The largest absolute Gasteiger partial charge is 0.343 e. The van der Waals surface area contributed by atoms with Crippen molar-refractivity contribution in [1.82, 2.24) is 10.2 Å². The zero-order valence-electron chi connectivity index (χ0n) is 20.6. The average Bonchev–Trinajstić information content (AvgIpc) is 3.06. The predicted octanol–water partition coefficient (Wildman–Crippen LogP) is 7.21. The second kappa shape index (κ2) is 10.2. The van der Waals surface area contributed by atoms with E-state index >= 15 is 0 Å². The van der Waals surface area contributed by atoms with Crippen LogP contribution in [0.1, 0.15) is 93.9 Å². The third kappa shape index (κ3) is 4.75. The molecule has 1 saturated heterocycles. The van der Waals surface area contributed by atoms with E-state index in [4.69, 9.17) is 12.6 Å². The van der Waals surface area contributed by atoms with Crippen LogP contribution in [0.3, 0.4) is 0 Å². The van der Waals surface area contributed by atoms with Gasteiger partial charge in [-0.15, -0.1) is 0 Å². The third-order valence-corrected chi connectivity index (χ3v) is 8.52. The van der Waals surface area contributed by atoms with Crippen LogP contribution in [0.2, 0.25) is 0 Å². The van der Waals surface area contributed by atoms with Crippen LogP contribution in [0.4, 0.5) is 0 Å². The number of rotatable bonds is 9. The SMILES string of the molecule is C=C1C(S)C2CC(CNCc3cc(CCCCC)cc(C)c3C3C=C(C)CCC3)=C(C)N12. The Bertz CT molecular complexity index is 925. The van der Waals surface area contributed by atoms with Gasteiger partial charge in [-0.1, -0.05) is 50.1 Å². The molecule has 3 heteroatoms. The fourth-order valence-corrected chi connectivity index (χ4v) is 6.48. The first kappa shape index (κ1) is 23.7. The van der Waals surface area contributed by atoms with Gasteiger partial charge in [-0.3, -0.25) is 0 Å². The molecule has 1 aromatic rings. The second-order valence-electron chi connectivity index (χ2n) is 10.3. The van der Waals surface area contributed by atoms with E-state index < -0.39 is 0 Å². The lowest BCUT2D eigenvalue weighted by Crippen LogP contribution is -2.50. The van der Waals surface area contributed by atoms with Crippen molar-refractivity contribution in [3.05, 3.63) is 69.6 Å². The fourth-order valence-electron chi connectivity index (χ4n) is 6.11. The van der Waals surface area contributed by atoms with Crippen molar-refractivity contribution in [3.8, 4) is 0 Å². The molecule has 2 aliphatic heterocycles. The van der Waals surface area contributed by atoms with Gasteiger partial charge in [-0.25, -0.2) is 0 Å². The molecule has 0 amide bonds. The van der Waals surface area contributed by atoms with E-state index in [0.717, 1.165) is 19.5 Å². The number of benzene rings is 1. The van der Waals surface area contributed by atoms with Gasteiger partial charge in [0.05, 0.1) is 11.3 Å². The monoisotopic (exact) mass is 450 g/mol. The van der Waals surface area contributed by atoms with E-state index in [2.05, 4.69) is 62.7 Å². The van der Waals surface area contributed by atoms with Crippen LogP contribution in [-0.4, -0.2) is 22.7 Å². The lowest BCUT2D eigenvalue weighted by molar-refractivity contribution is 0.246. The molecule has 0 aromatic heterocycles. The highest BCUT2D eigenvalue weighted by molar-refractivity contribution is 7.81. The molecule has 3 atom stereocenters. The second-order valence-corrected chi connectivity index (χ2v) is 10.9. The minimum Gasteiger partial charge on any atom is -0.343 e. The summed E-state index contributed by atoms with van der Waals surface area (Å²) in [6.45, 7) is 15.3. The molecule has 1 fully saturated rings. The summed E-state index contributed by atoms with van der Waals surface area (Å²) in [5.74, 6) is 0.577. The van der Waals surface area contributed by atoms with Crippen molar-refractivity contribution < 1.29 is 0 Å². The van der Waals surface area contributed by atoms with Gasteiger partial charge in [-0.05, 0) is 87.1 Å². The highest BCUT2D eigenvalue weighted by Crippen LogP contribution is 2.45. The minimum absolute atomic E-state index is 0.331. The molecule has 2 heterocycles. The lowest BCUT2D eigenvalue weighted by Gasteiger charge is -2.46. The summed E-state index contributed by atoms with van der Waals surface area (Å²) in [7, 11) is 0. The molecule has 0 saturated carbocycles. The van der Waals surface area contributed by atoms with Gasteiger partial charge < -0.3 is 10.2 Å². The van der Waals surface area contributed by atoms with Crippen molar-refractivity contribution in [2.45, 2.75) is 103 Å². The van der Waals surface area contributed by atoms with Gasteiger partial charge in [0.15, 0.2) is 0 Å². The van der Waals surface area contributed by atoms with Crippen LogP contribution >= 0.6 is 12.6 Å². The van der Waals surface area contributed by atoms with Crippen molar-refractivity contribution in [2.24, 2.45) is 0 Å². The number of aryl methyl sites for hydroxylation is 2. The predicted molar refractivity (Wildman–Crippen MR) is 141 cm³/mol. The van der Waals surface area contributed by atoms with Crippen LogP contribution in [0.25, 0.3) is 0 Å². The average molecular weight is 451 g/mol. The molecule has 2 nitrogen and oxygen atoms in total. The standard InChI is InChI=1S/C29H42N2S/c1-6-7-8-11-23-14-20(3)28(24-12-9-10-19(2)13-24)26(15-23)18-30-17-25-16-27-29(32)22(5)31(27)21(25)4/h13-15,24,27,29-30,32H,5-12,16-18H2,1-4H3. The third-order valence-electron chi connectivity index (χ3n) is 7.87. The summed E-state index contributed by atoms with van der Waals surface area (Å²) in [5, 5.41) is 4.16. The summed E-state index contributed by atoms with van der Waals surface area (Å²) >= 11 is 4.73. The molecule has 3 aliphatic rings. The summed E-state index contributed by atoms with van der Waals surface area (Å²) < 4.78 is 0. The van der Waals surface area contributed by atoms with E-state index in [1.165, 1.54) is 78.6 Å². The summed E-state index contributed by atoms with van der Waals surface area (Å²) in [5.41, 5.74) is 11.8. The number of hydrogen-bond acceptors (Lipinski definition) is 3. The molecular weight excluding hydrogens is 408 g/mol. The molecule has 174 valence electrons. The first-order valence-electron chi connectivity index (χ1n) is 12.8. The molecule has 4 rings (SSSR count). The number of thiol groups is 1. The van der Waals surface area contributed by atoms with Gasteiger partial charge in [0, 0.05) is 30.4 Å². The Morgan fingerprint density at radius 1 is 1.16 bits per heavy atom. The molecule has 1 aliphatic carbocycles. The van der Waals surface area contributed by atoms with Gasteiger partial charge in [0.1, 0.15) is 0 Å². The van der Waals surface area contributed by atoms with Gasteiger partial charge in [-0.2, -0.15) is 12.6 Å². The number of nitrogens with zero attached hydrogens (tertiary/aromatic N) is 1. The number of allylic oxidation sites excluding steroid dienone is 3. The Morgan fingerprint density at radius 2 is 1.97 bits per heavy atom. The lowest BCUT2D eigenvalue weighted by atomic mass is 9.81. The van der Waals surface area contributed by atoms with Crippen molar-refractivity contribution >= 4 is 12.6 Å². The normalized spacial score (nSPS) is 25.2. The Kier molecular flexibility index (Phi) is 7.57. The van der Waals surface area contributed by atoms with E-state index in [9.17, 15) is 0 Å². The van der Waals surface area contributed by atoms with Crippen LogP contribution in [0.15, 0.2) is 47.3 Å². The first-order chi connectivity index (χ1) is 15.4. The van der Waals surface area contributed by atoms with E-state index in [-0.39, 0.29) is 0 Å². The quantitative estimate of drug-likeness (QED) is 0.235. The van der Waals surface area contributed by atoms with E-state index in [1.54, 1.807) is 11.1 Å². The zero-order chi connectivity index (χ0) is 22.8. The number of unbranched alkanes of at least 4 members (excludes halogenated alkanes) is 2. The molecule has 32 heavy (non-hydrogen) atoms. The first-order valence-corrected chi connectivity index (χ1v) is 13.3. The number of nitrogens with one attached hydrogen (secondary N) is 1. The van der Waals surface area contributed by atoms with Crippen molar-refractivity contribution in [1.29, 1.82) is 0 Å². The maximum absolute atomic E-state index is 4.73. The highest BCUT2D eigenvalue weighted by Gasteiger charge is 2.45. The molecule has 0 spiro atoms. The van der Waals surface area contributed by atoms with Crippen LogP contribution in [0, 0.1) is 6.92 Å². The topological polar surface area (TPSA) is 15.3 Å². The molecular formula is C29H42N2S. The van der Waals surface area contributed by atoms with E-state index in [0.29, 0.717) is 17.2 Å². The van der Waals surface area contributed by atoms with Crippen LogP contribution < -0.4 is 5.32 Å². The Hall–Kier alpha value is -1.45. The highest BCUT2D eigenvalue weighted by atomic mass is 32.1. The summed E-state index contributed by atoms with van der Waals surface area (Å²) in [4.78, 5) is 2.40. The number of hydrogen-bond donors (Lipinski definition) is 2. The maximum atomic E-state index is 4.73. The van der Waals surface area contributed by atoms with E-state index in [1.807, 2.05) is 0 Å². The zero-order valence-corrected chi connectivity index (χ0v) is 21.5. The van der Waals surface area contributed by atoms with Crippen molar-refractivity contribution in [3.63, 3.8) is 0 Å². The smallest absolute Gasteiger partial charge is 0.0624 e. The number of fused-ring (bicyclic) bond motifs is 1. The Morgan fingerprint density at radius 3 is 2.69 bits per heavy atom. The molecule has 3 unspecified atom stereocenters. The van der Waals surface area contributed by atoms with Crippen LogP contribution in [0.5, 0.6) is 0 Å². The van der Waals surface area contributed by atoms with Crippen LogP contribution in [-0.2, 0) is 13.0 Å². The molecule has 0 bridgehead atoms. The summed E-state index contributed by atoms with van der Waals surface area (Å²) in [6.07, 6.45) is 12.6. The minimum atomic E-state index is 0.331. The summed E-state index contributed by atoms with van der Waals surface area (Å²) in [6, 6.07) is 5.51. The molecule has 0 radical (unpaired) electrons. The Balaban J connectivity index is 1.51. The molecule has 1 aromatic carbocycles. The van der Waals surface area contributed by atoms with Gasteiger partial charge in [0.2, 0.25) is 0 Å². The molecule has 1 N–H and O–H groups in total. The van der Waals surface area contributed by atoms with Crippen molar-refractivity contribution in [2.75, 3.05) is 6.54 Å². The Labute approximate surface area is 201 Å². The van der Waals surface area contributed by atoms with Gasteiger partial charge in [0.25, 0.3) is 0 Å². The fraction of sp³-hybridized carbons (Fsp3) is 0.586. The van der Waals surface area contributed by atoms with Gasteiger partial charge >= 0.3 is 0 Å². The maximum Gasteiger partial charge on any atom is 0.0624 e.